The lowest BCUT2D eigenvalue weighted by atomic mass is 10.0. The van der Waals surface area contributed by atoms with Gasteiger partial charge in [0.05, 0.1) is 17.0 Å². The fourth-order valence-electron chi connectivity index (χ4n) is 2.05. The average Bonchev–Trinajstić information content (AvgIpc) is 2.89. The minimum absolute atomic E-state index is 0.292. The minimum atomic E-state index is -0.292. The fraction of sp³-hybridized carbons (Fsp3) is 0.286. The van der Waals surface area contributed by atoms with E-state index in [1.165, 1.54) is 0 Å². The Kier molecular flexibility index (Phi) is 3.08. The topological polar surface area (TPSA) is 63.3 Å². The third-order valence-electron chi connectivity index (χ3n) is 3.14. The number of benzene rings is 1. The maximum atomic E-state index is 5.99. The van der Waals surface area contributed by atoms with Crippen molar-refractivity contribution in [2.45, 2.75) is 25.9 Å². The van der Waals surface area contributed by atoms with E-state index in [1.807, 2.05) is 6.07 Å². The average molecular weight is 272 g/mol. The zero-order chi connectivity index (χ0) is 13.4. The number of fused-ring (bicyclic) bond motifs is 1. The molecular weight excluding hydrogens is 256 g/mol. The number of rotatable bonds is 2. The van der Waals surface area contributed by atoms with Crippen LogP contribution in [0.4, 0.5) is 5.69 Å². The molecule has 3 N–H and O–H groups in total. The number of nitrogens with zero attached hydrogens (tertiary/aromatic N) is 2. The van der Waals surface area contributed by atoms with Crippen molar-refractivity contribution in [1.82, 2.24) is 4.98 Å². The number of nitrogens with one attached hydrogen (secondary N) is 1. The van der Waals surface area contributed by atoms with Gasteiger partial charge in [-0.2, -0.15) is 0 Å². The predicted octanol–water partition coefficient (Wildman–Crippen LogP) is 3.34. The van der Waals surface area contributed by atoms with Crippen LogP contribution in [0.15, 0.2) is 28.6 Å². The van der Waals surface area contributed by atoms with Crippen molar-refractivity contribution in [1.29, 1.82) is 0 Å². The standard InChI is InChI=1S/C14H16N4S/c1-8(2)14-18-12(6-19-14)9-3-4-11-10(5-9)13(15)17-7-16-11/h3-8,13H,15H2,1-2H3,(H,16,17). The summed E-state index contributed by atoms with van der Waals surface area (Å²) in [5.74, 6) is 0.463. The van der Waals surface area contributed by atoms with Crippen LogP contribution in [0, 0.1) is 0 Å². The molecule has 0 amide bonds. The molecule has 1 aliphatic heterocycles. The van der Waals surface area contributed by atoms with Crippen LogP contribution >= 0.6 is 11.3 Å². The zero-order valence-corrected chi connectivity index (χ0v) is 11.7. The van der Waals surface area contributed by atoms with Crippen molar-refractivity contribution in [3.63, 3.8) is 0 Å². The molecular formula is C14H16N4S. The molecule has 2 heterocycles. The number of aromatic nitrogens is 1. The normalized spacial score (nSPS) is 17.4. The first kappa shape index (κ1) is 12.3. The maximum Gasteiger partial charge on any atom is 0.126 e. The van der Waals surface area contributed by atoms with Crippen molar-refractivity contribution >= 4 is 23.4 Å². The van der Waals surface area contributed by atoms with Crippen molar-refractivity contribution < 1.29 is 0 Å². The third-order valence-corrected chi connectivity index (χ3v) is 4.28. The van der Waals surface area contributed by atoms with Gasteiger partial charge < -0.3 is 11.1 Å². The molecule has 0 fully saturated rings. The molecule has 5 heteroatoms. The number of thiazole rings is 1. The van der Waals surface area contributed by atoms with Crippen molar-refractivity contribution in [2.75, 3.05) is 5.32 Å². The highest BCUT2D eigenvalue weighted by atomic mass is 32.1. The van der Waals surface area contributed by atoms with Crippen molar-refractivity contribution in [3.8, 4) is 11.3 Å². The summed E-state index contributed by atoms with van der Waals surface area (Å²) in [6.45, 7) is 4.31. The molecule has 98 valence electrons. The largest absolute Gasteiger partial charge is 0.346 e. The highest BCUT2D eigenvalue weighted by Gasteiger charge is 2.15. The molecule has 19 heavy (non-hydrogen) atoms. The summed E-state index contributed by atoms with van der Waals surface area (Å²) in [5, 5.41) is 6.37. The van der Waals surface area contributed by atoms with E-state index in [0.29, 0.717) is 5.92 Å². The number of hydrogen-bond donors (Lipinski definition) is 2. The van der Waals surface area contributed by atoms with Crippen molar-refractivity contribution in [3.05, 3.63) is 34.2 Å². The summed E-state index contributed by atoms with van der Waals surface area (Å²) in [6, 6.07) is 6.17. The molecule has 1 aliphatic rings. The Morgan fingerprint density at radius 3 is 2.95 bits per heavy atom. The molecule has 1 aromatic heterocycles. The molecule has 0 radical (unpaired) electrons. The summed E-state index contributed by atoms with van der Waals surface area (Å²) >= 11 is 1.70. The monoisotopic (exact) mass is 272 g/mol. The zero-order valence-electron chi connectivity index (χ0n) is 10.9. The van der Waals surface area contributed by atoms with Crippen LogP contribution in [-0.2, 0) is 0 Å². The Labute approximate surface area is 116 Å². The molecule has 1 aromatic carbocycles. The molecule has 0 saturated heterocycles. The third kappa shape index (κ3) is 2.27. The second-order valence-electron chi connectivity index (χ2n) is 4.90. The number of aliphatic imine (C=N–C) groups is 1. The Hall–Kier alpha value is -1.72. The van der Waals surface area contributed by atoms with Crippen LogP contribution in [0.3, 0.4) is 0 Å². The lowest BCUT2D eigenvalue weighted by Gasteiger charge is -2.18. The summed E-state index contributed by atoms with van der Waals surface area (Å²) < 4.78 is 0. The first-order chi connectivity index (χ1) is 9.15. The minimum Gasteiger partial charge on any atom is -0.346 e. The second kappa shape index (κ2) is 4.75. The first-order valence-corrected chi connectivity index (χ1v) is 7.16. The lowest BCUT2D eigenvalue weighted by Crippen LogP contribution is -2.16. The van der Waals surface area contributed by atoms with E-state index >= 15 is 0 Å². The van der Waals surface area contributed by atoms with E-state index in [9.17, 15) is 0 Å². The number of anilines is 1. The molecule has 0 spiro atoms. The van der Waals surface area contributed by atoms with Gasteiger partial charge in [0.15, 0.2) is 0 Å². The molecule has 1 unspecified atom stereocenters. The van der Waals surface area contributed by atoms with Crippen LogP contribution in [0.1, 0.15) is 36.5 Å². The van der Waals surface area contributed by atoms with E-state index in [4.69, 9.17) is 5.73 Å². The van der Waals surface area contributed by atoms with Gasteiger partial charge in [-0.25, -0.2) is 4.98 Å². The van der Waals surface area contributed by atoms with Gasteiger partial charge in [0, 0.05) is 28.1 Å². The van der Waals surface area contributed by atoms with E-state index in [1.54, 1.807) is 17.7 Å². The van der Waals surface area contributed by atoms with Gasteiger partial charge in [-0.1, -0.05) is 19.9 Å². The molecule has 0 bridgehead atoms. The molecule has 1 atom stereocenters. The van der Waals surface area contributed by atoms with Gasteiger partial charge in [0.25, 0.3) is 0 Å². The predicted molar refractivity (Wildman–Crippen MR) is 80.7 cm³/mol. The summed E-state index contributed by atoms with van der Waals surface area (Å²) in [7, 11) is 0. The Bertz CT molecular complexity index is 630. The van der Waals surface area contributed by atoms with Crippen LogP contribution in [-0.4, -0.2) is 11.3 Å². The highest BCUT2D eigenvalue weighted by molar-refractivity contribution is 7.10. The SMILES string of the molecule is CC(C)c1nc(-c2ccc3c(c2)C(N)N=CN3)cs1. The summed E-state index contributed by atoms with van der Waals surface area (Å²) in [5.41, 5.74) is 10.1. The summed E-state index contributed by atoms with van der Waals surface area (Å²) in [4.78, 5) is 8.84. The maximum absolute atomic E-state index is 5.99. The van der Waals surface area contributed by atoms with Gasteiger partial charge in [-0.15, -0.1) is 11.3 Å². The van der Waals surface area contributed by atoms with E-state index in [2.05, 4.69) is 46.7 Å². The quantitative estimate of drug-likeness (QED) is 0.881. The van der Waals surface area contributed by atoms with E-state index in [-0.39, 0.29) is 6.17 Å². The smallest absolute Gasteiger partial charge is 0.126 e. The molecule has 4 nitrogen and oxygen atoms in total. The van der Waals surface area contributed by atoms with Gasteiger partial charge >= 0.3 is 0 Å². The lowest BCUT2D eigenvalue weighted by molar-refractivity contribution is 0.775. The molecule has 0 aliphatic carbocycles. The van der Waals surface area contributed by atoms with Gasteiger partial charge in [0.1, 0.15) is 6.17 Å². The van der Waals surface area contributed by atoms with Crippen LogP contribution in [0.25, 0.3) is 11.3 Å². The fourth-order valence-corrected chi connectivity index (χ4v) is 2.90. The molecule has 3 rings (SSSR count). The Balaban J connectivity index is 2.00. The Morgan fingerprint density at radius 2 is 2.21 bits per heavy atom. The van der Waals surface area contributed by atoms with E-state index < -0.39 is 0 Å². The van der Waals surface area contributed by atoms with Gasteiger partial charge in [-0.3, -0.25) is 4.99 Å². The molecule has 2 aromatic rings. The molecule has 0 saturated carbocycles. The van der Waals surface area contributed by atoms with E-state index in [0.717, 1.165) is 27.5 Å². The number of nitrogens with two attached hydrogens (primary N) is 1. The van der Waals surface area contributed by atoms with Gasteiger partial charge in [-0.05, 0) is 12.1 Å². The second-order valence-corrected chi connectivity index (χ2v) is 5.78. The Morgan fingerprint density at radius 1 is 1.37 bits per heavy atom. The highest BCUT2D eigenvalue weighted by Crippen LogP contribution is 2.32. The summed E-state index contributed by atoms with van der Waals surface area (Å²) in [6.07, 6.45) is 1.35. The van der Waals surface area contributed by atoms with Gasteiger partial charge in [0.2, 0.25) is 0 Å². The van der Waals surface area contributed by atoms with Crippen LogP contribution < -0.4 is 11.1 Å². The first-order valence-electron chi connectivity index (χ1n) is 6.28. The van der Waals surface area contributed by atoms with Crippen LogP contribution in [0.2, 0.25) is 0 Å². The van der Waals surface area contributed by atoms with Crippen LogP contribution in [0.5, 0.6) is 0 Å². The van der Waals surface area contributed by atoms with Crippen molar-refractivity contribution in [2.24, 2.45) is 10.7 Å². The number of hydrogen-bond acceptors (Lipinski definition) is 5.